The average molecular weight is 422 g/mol. The predicted molar refractivity (Wildman–Crippen MR) is 122 cm³/mol. The summed E-state index contributed by atoms with van der Waals surface area (Å²) in [6.07, 6.45) is 12.1. The number of carbonyl (C=O) groups is 1. The molecular formula is C23H35NO2S2. The van der Waals surface area contributed by atoms with E-state index in [0.29, 0.717) is 6.61 Å². The van der Waals surface area contributed by atoms with Gasteiger partial charge >= 0.3 is 6.09 Å². The molecule has 1 aromatic carbocycles. The van der Waals surface area contributed by atoms with Crippen LogP contribution >= 0.6 is 21.6 Å². The number of hydrogen-bond acceptors (Lipinski definition) is 4. The van der Waals surface area contributed by atoms with Crippen molar-refractivity contribution in [2.45, 2.75) is 64.4 Å². The van der Waals surface area contributed by atoms with E-state index in [1.54, 1.807) is 0 Å². The molecule has 0 bridgehead atoms. The van der Waals surface area contributed by atoms with Gasteiger partial charge in [0, 0.05) is 24.6 Å². The van der Waals surface area contributed by atoms with Crippen molar-refractivity contribution in [2.24, 2.45) is 11.8 Å². The molecule has 156 valence electrons. The molecule has 0 unspecified atom stereocenters. The summed E-state index contributed by atoms with van der Waals surface area (Å²) in [5.74, 6) is 4.34. The van der Waals surface area contributed by atoms with E-state index in [1.165, 1.54) is 56.5 Å². The smallest absolute Gasteiger partial charge is 0.410 e. The number of benzene rings is 1. The van der Waals surface area contributed by atoms with Crippen LogP contribution in [0.3, 0.4) is 0 Å². The van der Waals surface area contributed by atoms with Crippen LogP contribution in [-0.2, 0) is 11.3 Å². The van der Waals surface area contributed by atoms with E-state index in [2.05, 4.69) is 21.6 Å². The monoisotopic (exact) mass is 421 g/mol. The lowest BCUT2D eigenvalue weighted by atomic mass is 9.88. The maximum absolute atomic E-state index is 12.2. The van der Waals surface area contributed by atoms with Gasteiger partial charge in [0.15, 0.2) is 0 Å². The van der Waals surface area contributed by atoms with Gasteiger partial charge in [0.2, 0.25) is 0 Å². The number of piperidine rings is 1. The number of nitrogens with zero attached hydrogens (tertiary/aromatic N) is 1. The van der Waals surface area contributed by atoms with E-state index in [1.807, 2.05) is 35.2 Å². The van der Waals surface area contributed by atoms with Crippen LogP contribution in [0.25, 0.3) is 0 Å². The van der Waals surface area contributed by atoms with Crippen LogP contribution in [0.15, 0.2) is 30.3 Å². The zero-order chi connectivity index (χ0) is 19.4. The predicted octanol–water partition coefficient (Wildman–Crippen LogP) is 6.78. The van der Waals surface area contributed by atoms with Crippen molar-refractivity contribution in [3.8, 4) is 0 Å². The van der Waals surface area contributed by atoms with E-state index in [-0.39, 0.29) is 6.09 Å². The van der Waals surface area contributed by atoms with Gasteiger partial charge in [0.25, 0.3) is 0 Å². The second-order valence-electron chi connectivity index (χ2n) is 8.20. The van der Waals surface area contributed by atoms with E-state index >= 15 is 0 Å². The van der Waals surface area contributed by atoms with Gasteiger partial charge in [-0.05, 0) is 43.1 Å². The number of rotatable bonds is 9. The fraction of sp³-hybridized carbons (Fsp3) is 0.696. The van der Waals surface area contributed by atoms with Gasteiger partial charge in [-0.2, -0.15) is 0 Å². The SMILES string of the molecule is O=C(OCc1ccccc1)N1CCC(CCSSCCC2CCCCC2)CC1. The zero-order valence-electron chi connectivity index (χ0n) is 17.0. The van der Waals surface area contributed by atoms with Crippen molar-refractivity contribution in [1.82, 2.24) is 4.90 Å². The summed E-state index contributed by atoms with van der Waals surface area (Å²) in [7, 11) is 4.14. The third kappa shape index (κ3) is 7.90. The lowest BCUT2D eigenvalue weighted by Crippen LogP contribution is -2.38. The highest BCUT2D eigenvalue weighted by Gasteiger charge is 2.23. The second kappa shape index (κ2) is 12.7. The molecule has 1 aliphatic carbocycles. The fourth-order valence-corrected chi connectivity index (χ4v) is 6.62. The van der Waals surface area contributed by atoms with Crippen LogP contribution < -0.4 is 0 Å². The molecular weight excluding hydrogens is 386 g/mol. The molecule has 0 N–H and O–H groups in total. The quantitative estimate of drug-likeness (QED) is 0.325. The third-order valence-electron chi connectivity index (χ3n) is 6.10. The molecule has 1 aliphatic heterocycles. The van der Waals surface area contributed by atoms with Gasteiger partial charge < -0.3 is 9.64 Å². The minimum atomic E-state index is -0.157. The first-order valence-electron chi connectivity index (χ1n) is 11.0. The number of likely N-dealkylation sites (tertiary alicyclic amines) is 1. The first-order valence-corrected chi connectivity index (χ1v) is 13.5. The van der Waals surface area contributed by atoms with E-state index in [9.17, 15) is 4.79 Å². The first-order chi connectivity index (χ1) is 13.8. The van der Waals surface area contributed by atoms with Gasteiger partial charge in [-0.1, -0.05) is 84.0 Å². The molecule has 3 nitrogen and oxygen atoms in total. The Hall–Kier alpha value is -0.810. The van der Waals surface area contributed by atoms with Crippen LogP contribution in [0.2, 0.25) is 0 Å². The number of ether oxygens (including phenoxy) is 1. The largest absolute Gasteiger partial charge is 0.445 e. The van der Waals surface area contributed by atoms with Gasteiger partial charge in [0.1, 0.15) is 6.61 Å². The number of hydrogen-bond donors (Lipinski definition) is 0. The molecule has 1 saturated carbocycles. The Kier molecular flexibility index (Phi) is 9.92. The van der Waals surface area contributed by atoms with Gasteiger partial charge in [0.05, 0.1) is 0 Å². The molecule has 3 rings (SSSR count). The van der Waals surface area contributed by atoms with Crippen LogP contribution in [0, 0.1) is 11.8 Å². The van der Waals surface area contributed by atoms with E-state index < -0.39 is 0 Å². The molecule has 2 aliphatic rings. The van der Waals surface area contributed by atoms with Crippen molar-refractivity contribution < 1.29 is 9.53 Å². The van der Waals surface area contributed by atoms with Crippen molar-refractivity contribution in [3.63, 3.8) is 0 Å². The first kappa shape index (κ1) is 21.9. The maximum Gasteiger partial charge on any atom is 0.410 e. The van der Waals surface area contributed by atoms with Gasteiger partial charge in [-0.25, -0.2) is 4.79 Å². The molecule has 0 radical (unpaired) electrons. The summed E-state index contributed by atoms with van der Waals surface area (Å²) in [5.41, 5.74) is 1.05. The lowest BCUT2D eigenvalue weighted by molar-refractivity contribution is 0.0821. The summed E-state index contributed by atoms with van der Waals surface area (Å²) in [6.45, 7) is 2.06. The highest BCUT2D eigenvalue weighted by atomic mass is 33.1. The third-order valence-corrected chi connectivity index (χ3v) is 8.58. The van der Waals surface area contributed by atoms with Crippen molar-refractivity contribution in [2.75, 3.05) is 24.6 Å². The van der Waals surface area contributed by atoms with Crippen LogP contribution in [0.4, 0.5) is 4.79 Å². The Bertz CT molecular complexity index is 555. The molecule has 1 saturated heterocycles. The Morgan fingerprint density at radius 3 is 2.14 bits per heavy atom. The van der Waals surface area contributed by atoms with Crippen LogP contribution in [0.1, 0.15) is 63.4 Å². The standard InChI is InChI=1S/C23H35NO2S2/c25-23(26-19-22-9-5-2-6-10-22)24-15-11-21(12-16-24)14-18-28-27-17-13-20-7-3-1-4-8-20/h2,5-6,9-10,20-21H,1,3-4,7-8,11-19H2. The minimum absolute atomic E-state index is 0.157. The molecule has 1 amide bonds. The van der Waals surface area contributed by atoms with Crippen LogP contribution in [0.5, 0.6) is 0 Å². The van der Waals surface area contributed by atoms with Crippen molar-refractivity contribution in [1.29, 1.82) is 0 Å². The lowest BCUT2D eigenvalue weighted by Gasteiger charge is -2.31. The molecule has 0 aromatic heterocycles. The highest BCUT2D eigenvalue weighted by Crippen LogP contribution is 2.32. The minimum Gasteiger partial charge on any atom is -0.445 e. The molecule has 2 fully saturated rings. The molecule has 0 atom stereocenters. The molecule has 1 heterocycles. The number of carbonyl (C=O) groups excluding carboxylic acids is 1. The normalized spacial score (nSPS) is 18.9. The molecule has 1 aromatic rings. The Balaban J connectivity index is 1.20. The van der Waals surface area contributed by atoms with Gasteiger partial charge in [-0.3, -0.25) is 0 Å². The molecule has 5 heteroatoms. The van der Waals surface area contributed by atoms with Crippen LogP contribution in [-0.4, -0.2) is 35.6 Å². The summed E-state index contributed by atoms with van der Waals surface area (Å²) >= 11 is 0. The molecule has 28 heavy (non-hydrogen) atoms. The average Bonchev–Trinajstić information content (AvgIpc) is 2.76. The van der Waals surface area contributed by atoms with E-state index in [4.69, 9.17) is 4.74 Å². The van der Waals surface area contributed by atoms with Crippen molar-refractivity contribution >= 4 is 27.7 Å². The Morgan fingerprint density at radius 1 is 0.893 bits per heavy atom. The zero-order valence-corrected chi connectivity index (χ0v) is 18.7. The summed E-state index contributed by atoms with van der Waals surface area (Å²) in [5, 5.41) is 0. The topological polar surface area (TPSA) is 29.5 Å². The summed E-state index contributed by atoms with van der Waals surface area (Å²) in [4.78, 5) is 14.1. The highest BCUT2D eigenvalue weighted by molar-refractivity contribution is 8.76. The maximum atomic E-state index is 12.2. The van der Waals surface area contributed by atoms with Crippen molar-refractivity contribution in [3.05, 3.63) is 35.9 Å². The molecule has 0 spiro atoms. The number of amides is 1. The fourth-order valence-electron chi connectivity index (χ4n) is 4.24. The summed E-state index contributed by atoms with van der Waals surface area (Å²) in [6, 6.07) is 9.90. The van der Waals surface area contributed by atoms with Gasteiger partial charge in [-0.15, -0.1) is 0 Å². The summed E-state index contributed by atoms with van der Waals surface area (Å²) < 4.78 is 5.46. The second-order valence-corrected chi connectivity index (χ2v) is 10.9. The Morgan fingerprint density at radius 2 is 1.50 bits per heavy atom. The Labute approximate surface area is 178 Å². The van der Waals surface area contributed by atoms with E-state index in [0.717, 1.165) is 43.3 Å².